The Morgan fingerprint density at radius 1 is 1.33 bits per heavy atom. The number of nitrogens with one attached hydrogen (secondary N) is 1. The topological polar surface area (TPSA) is 135 Å². The van der Waals surface area contributed by atoms with E-state index in [9.17, 15) is 19.7 Å². The lowest BCUT2D eigenvalue weighted by atomic mass is 9.92. The number of amides is 1. The lowest BCUT2D eigenvalue weighted by molar-refractivity contribution is -0.383. The van der Waals surface area contributed by atoms with Crippen molar-refractivity contribution in [3.8, 4) is 0 Å². The second-order valence-electron chi connectivity index (χ2n) is 5.90. The van der Waals surface area contributed by atoms with Crippen LogP contribution in [-0.2, 0) is 4.79 Å². The van der Waals surface area contributed by atoms with Gasteiger partial charge in [-0.15, -0.1) is 0 Å². The number of nitro benzene ring substituents is 1. The van der Waals surface area contributed by atoms with Crippen molar-refractivity contribution < 1.29 is 19.6 Å². The highest BCUT2D eigenvalue weighted by Crippen LogP contribution is 2.33. The maximum atomic E-state index is 12.6. The number of fused-ring (bicyclic) bond motifs is 1. The molecule has 0 bridgehead atoms. The highest BCUT2D eigenvalue weighted by atomic mass is 32.1. The predicted molar refractivity (Wildman–Crippen MR) is 85.0 cm³/mol. The normalized spacial score (nSPS) is 16.2. The molecule has 9 nitrogen and oxygen atoms in total. The molecule has 2 N–H and O–H groups in total. The fourth-order valence-electron chi connectivity index (χ4n) is 3.14. The Labute approximate surface area is 140 Å². The van der Waals surface area contributed by atoms with E-state index in [4.69, 9.17) is 5.11 Å². The predicted octanol–water partition coefficient (Wildman–Crippen LogP) is 2.12. The number of carbonyl (C=O) groups is 2. The Morgan fingerprint density at radius 3 is 2.67 bits per heavy atom. The van der Waals surface area contributed by atoms with Crippen LogP contribution in [0.1, 0.15) is 42.5 Å². The van der Waals surface area contributed by atoms with Gasteiger partial charge >= 0.3 is 5.97 Å². The smallest absolute Gasteiger partial charge is 0.305 e. The van der Waals surface area contributed by atoms with Crippen LogP contribution in [-0.4, -0.2) is 36.2 Å². The molecule has 1 aliphatic rings. The monoisotopic (exact) mass is 350 g/mol. The van der Waals surface area contributed by atoms with E-state index in [1.807, 2.05) is 0 Å². The summed E-state index contributed by atoms with van der Waals surface area (Å²) in [4.78, 5) is 34.2. The lowest BCUT2D eigenvalue weighted by Crippen LogP contribution is -2.47. The van der Waals surface area contributed by atoms with Crippen molar-refractivity contribution in [3.05, 3.63) is 27.8 Å². The van der Waals surface area contributed by atoms with Crippen LogP contribution in [0.4, 0.5) is 5.69 Å². The Bertz CT molecular complexity index is 828. The number of carbonyl (C=O) groups excluding carboxylic acids is 1. The van der Waals surface area contributed by atoms with Crippen LogP contribution in [0.15, 0.2) is 12.1 Å². The van der Waals surface area contributed by atoms with Gasteiger partial charge in [-0.25, -0.2) is 0 Å². The van der Waals surface area contributed by atoms with E-state index in [-0.39, 0.29) is 28.7 Å². The molecule has 1 aromatic carbocycles. The van der Waals surface area contributed by atoms with E-state index in [0.717, 1.165) is 30.6 Å². The number of hydrogen-bond acceptors (Lipinski definition) is 7. The Hall–Kier alpha value is -2.62. The molecule has 1 amide bonds. The molecule has 1 fully saturated rings. The third-order valence-electron chi connectivity index (χ3n) is 4.23. The zero-order valence-electron chi connectivity index (χ0n) is 12.5. The number of aliphatic carboxylic acids is 1. The number of aromatic nitrogens is 2. The molecule has 0 atom stereocenters. The first-order valence-electron chi connectivity index (χ1n) is 7.35. The zero-order chi connectivity index (χ0) is 17.3. The summed E-state index contributed by atoms with van der Waals surface area (Å²) in [5, 5.41) is 23.0. The molecule has 0 saturated heterocycles. The van der Waals surface area contributed by atoms with E-state index in [2.05, 4.69) is 14.1 Å². The molecular weight excluding hydrogens is 336 g/mol. The van der Waals surface area contributed by atoms with Crippen LogP contribution in [0.2, 0.25) is 0 Å². The van der Waals surface area contributed by atoms with Gasteiger partial charge in [0.05, 0.1) is 28.6 Å². The highest BCUT2D eigenvalue weighted by Gasteiger charge is 2.38. The average molecular weight is 350 g/mol. The summed E-state index contributed by atoms with van der Waals surface area (Å²) < 4.78 is 7.83. The minimum atomic E-state index is -0.984. The molecule has 0 unspecified atom stereocenters. The first-order chi connectivity index (χ1) is 11.4. The molecule has 0 aliphatic heterocycles. The second-order valence-corrected chi connectivity index (χ2v) is 6.42. The summed E-state index contributed by atoms with van der Waals surface area (Å²) in [7, 11) is 0. The summed E-state index contributed by atoms with van der Waals surface area (Å²) in [5.41, 5.74) is -0.586. The van der Waals surface area contributed by atoms with Crippen LogP contribution in [0.25, 0.3) is 11.0 Å². The summed E-state index contributed by atoms with van der Waals surface area (Å²) in [5.74, 6) is -1.52. The molecule has 24 heavy (non-hydrogen) atoms. The Balaban J connectivity index is 1.93. The number of carboxylic acids is 1. The molecule has 1 aromatic heterocycles. The zero-order valence-corrected chi connectivity index (χ0v) is 13.3. The number of carboxylic acid groups (broad SMARTS) is 1. The number of benzene rings is 1. The third kappa shape index (κ3) is 3.04. The first-order valence-corrected chi connectivity index (χ1v) is 8.08. The van der Waals surface area contributed by atoms with Gasteiger partial charge in [0.2, 0.25) is 0 Å². The van der Waals surface area contributed by atoms with E-state index in [0.29, 0.717) is 12.8 Å². The molecule has 10 heteroatoms. The van der Waals surface area contributed by atoms with Crippen LogP contribution < -0.4 is 5.32 Å². The fraction of sp³-hybridized carbons (Fsp3) is 0.429. The van der Waals surface area contributed by atoms with Crippen molar-refractivity contribution in [2.75, 3.05) is 0 Å². The number of nitro groups is 1. The first kappa shape index (κ1) is 16.2. The van der Waals surface area contributed by atoms with Gasteiger partial charge in [-0.3, -0.25) is 19.7 Å². The fourth-order valence-corrected chi connectivity index (χ4v) is 3.68. The highest BCUT2D eigenvalue weighted by molar-refractivity contribution is 7.00. The maximum Gasteiger partial charge on any atom is 0.305 e. The van der Waals surface area contributed by atoms with E-state index >= 15 is 0 Å². The van der Waals surface area contributed by atoms with Crippen molar-refractivity contribution in [3.63, 3.8) is 0 Å². The van der Waals surface area contributed by atoms with E-state index in [1.165, 1.54) is 6.07 Å². The van der Waals surface area contributed by atoms with Gasteiger partial charge in [0.1, 0.15) is 5.52 Å². The summed E-state index contributed by atoms with van der Waals surface area (Å²) in [6.45, 7) is 0. The van der Waals surface area contributed by atoms with Gasteiger partial charge in [0.15, 0.2) is 5.52 Å². The molecule has 126 valence electrons. The van der Waals surface area contributed by atoms with Crippen molar-refractivity contribution >= 4 is 40.3 Å². The largest absolute Gasteiger partial charge is 0.481 e. The van der Waals surface area contributed by atoms with Gasteiger partial charge in [0, 0.05) is 11.6 Å². The van der Waals surface area contributed by atoms with Crippen molar-refractivity contribution in [2.45, 2.75) is 37.6 Å². The molecular formula is C14H14N4O5S. The van der Waals surface area contributed by atoms with Crippen molar-refractivity contribution in [1.29, 1.82) is 0 Å². The molecule has 1 saturated carbocycles. The molecule has 1 heterocycles. The van der Waals surface area contributed by atoms with Crippen LogP contribution in [0.5, 0.6) is 0 Å². The number of nitrogens with zero attached hydrogens (tertiary/aromatic N) is 3. The molecule has 2 aromatic rings. The van der Waals surface area contributed by atoms with Gasteiger partial charge in [-0.05, 0) is 18.9 Å². The number of non-ortho nitro benzene ring substituents is 1. The third-order valence-corrected chi connectivity index (χ3v) is 4.77. The average Bonchev–Trinajstić information content (AvgIpc) is 3.14. The van der Waals surface area contributed by atoms with Crippen LogP contribution in [0, 0.1) is 10.1 Å². The van der Waals surface area contributed by atoms with Crippen LogP contribution >= 0.6 is 11.7 Å². The summed E-state index contributed by atoms with van der Waals surface area (Å²) in [6.07, 6.45) is 2.66. The number of rotatable bonds is 5. The minimum absolute atomic E-state index is 0.0820. The standard InChI is InChI=1S/C14H14N4O5S/c19-11(20)7-14(3-1-2-4-14)15-13(21)8-5-9-12(17-24-16-9)10(6-8)18(22)23/h5-6H,1-4,7H2,(H,15,21)(H,19,20). The van der Waals surface area contributed by atoms with Gasteiger partial charge < -0.3 is 10.4 Å². The molecule has 3 rings (SSSR count). The Morgan fingerprint density at radius 2 is 2.04 bits per heavy atom. The maximum absolute atomic E-state index is 12.6. The minimum Gasteiger partial charge on any atom is -0.481 e. The van der Waals surface area contributed by atoms with Crippen molar-refractivity contribution in [1.82, 2.24) is 14.1 Å². The Kier molecular flexibility index (Phi) is 4.14. The van der Waals surface area contributed by atoms with Gasteiger partial charge in [-0.2, -0.15) is 8.75 Å². The number of hydrogen-bond donors (Lipinski definition) is 2. The van der Waals surface area contributed by atoms with Gasteiger partial charge in [-0.1, -0.05) is 12.8 Å². The quantitative estimate of drug-likeness (QED) is 0.622. The molecule has 0 radical (unpaired) electrons. The SMILES string of the molecule is O=C(O)CC1(NC(=O)c2cc([N+](=O)[O-])c3nsnc3c2)CCCC1. The summed E-state index contributed by atoms with van der Waals surface area (Å²) >= 11 is 0.832. The van der Waals surface area contributed by atoms with Crippen LogP contribution in [0.3, 0.4) is 0 Å². The second kappa shape index (κ2) is 6.11. The molecule has 1 aliphatic carbocycles. The van der Waals surface area contributed by atoms with Gasteiger partial charge in [0.25, 0.3) is 11.6 Å². The lowest BCUT2D eigenvalue weighted by Gasteiger charge is -2.28. The van der Waals surface area contributed by atoms with E-state index in [1.54, 1.807) is 0 Å². The van der Waals surface area contributed by atoms with Crippen molar-refractivity contribution in [2.24, 2.45) is 0 Å². The summed E-state index contributed by atoms with van der Waals surface area (Å²) in [6, 6.07) is 2.59. The van der Waals surface area contributed by atoms with E-state index < -0.39 is 22.3 Å². The molecule has 0 spiro atoms.